The van der Waals surface area contributed by atoms with Crippen LogP contribution in [-0.2, 0) is 4.74 Å². The van der Waals surface area contributed by atoms with E-state index >= 15 is 0 Å². The van der Waals surface area contributed by atoms with Crippen molar-refractivity contribution < 1.29 is 9.53 Å². The number of hydrogen-bond donors (Lipinski definition) is 3. The molecule has 1 aromatic heterocycles. The van der Waals surface area contributed by atoms with Crippen molar-refractivity contribution in [1.29, 1.82) is 0 Å². The van der Waals surface area contributed by atoms with Crippen molar-refractivity contribution in [3.05, 3.63) is 82.9 Å². The van der Waals surface area contributed by atoms with Crippen LogP contribution in [0, 0.1) is 0 Å². The number of aromatic nitrogens is 1. The van der Waals surface area contributed by atoms with Crippen molar-refractivity contribution in [2.75, 3.05) is 37.4 Å². The highest BCUT2D eigenvalue weighted by molar-refractivity contribution is 6.33. The first-order valence-corrected chi connectivity index (χ1v) is 10.8. The lowest BCUT2D eigenvalue weighted by Crippen LogP contribution is -2.28. The van der Waals surface area contributed by atoms with Gasteiger partial charge in [-0.1, -0.05) is 30.3 Å². The zero-order valence-electron chi connectivity index (χ0n) is 18.5. The van der Waals surface area contributed by atoms with Crippen LogP contribution in [0.1, 0.15) is 24.2 Å². The standard InChI is InChI=1S/C24H28ClN5O2/c1-5-30-16(3)11-17(15-32-6-2)12-23(30)29-22-13-21(19(25)14-27-22)28-20-10-8-7-9-18(20)24(31)26-4/h7-14H,3,5-6,15H2,1-2,4H3,(H,26,31)(H2,27,28,29). The molecule has 0 aliphatic carbocycles. The minimum atomic E-state index is -0.185. The van der Waals surface area contributed by atoms with Gasteiger partial charge in [0.05, 0.1) is 34.8 Å². The van der Waals surface area contributed by atoms with Gasteiger partial charge in [-0.25, -0.2) is 4.98 Å². The van der Waals surface area contributed by atoms with Gasteiger partial charge in [0.15, 0.2) is 0 Å². The molecule has 2 aromatic rings. The topological polar surface area (TPSA) is 78.5 Å². The number of carbonyl (C=O) groups excluding carboxylic acids is 1. The molecule has 0 unspecified atom stereocenters. The third-order valence-corrected chi connectivity index (χ3v) is 5.18. The SMILES string of the molecule is C=C1C=C(COCC)C=C(Nc2cc(Nc3ccccc3C(=O)NC)c(Cl)cn2)N1CC. The lowest BCUT2D eigenvalue weighted by atomic mass is 10.1. The lowest BCUT2D eigenvalue weighted by Gasteiger charge is -2.31. The number of nitrogens with one attached hydrogen (secondary N) is 3. The average Bonchev–Trinajstić information content (AvgIpc) is 2.79. The van der Waals surface area contributed by atoms with Crippen LogP contribution in [0.5, 0.6) is 0 Å². The first-order chi connectivity index (χ1) is 15.5. The summed E-state index contributed by atoms with van der Waals surface area (Å²) >= 11 is 6.40. The van der Waals surface area contributed by atoms with Crippen LogP contribution in [0.2, 0.25) is 5.02 Å². The molecule has 0 spiro atoms. The lowest BCUT2D eigenvalue weighted by molar-refractivity contribution is 0.0964. The smallest absolute Gasteiger partial charge is 0.253 e. The summed E-state index contributed by atoms with van der Waals surface area (Å²) in [5.74, 6) is 1.26. The molecule has 2 heterocycles. The highest BCUT2D eigenvalue weighted by Crippen LogP contribution is 2.30. The fraction of sp³-hybridized carbons (Fsp3) is 0.250. The molecule has 1 aliphatic rings. The fourth-order valence-corrected chi connectivity index (χ4v) is 3.48. The maximum atomic E-state index is 12.2. The number of benzene rings is 1. The van der Waals surface area contributed by atoms with Crippen molar-refractivity contribution in [3.63, 3.8) is 0 Å². The van der Waals surface area contributed by atoms with Crippen molar-refractivity contribution in [3.8, 4) is 0 Å². The summed E-state index contributed by atoms with van der Waals surface area (Å²) < 4.78 is 5.55. The molecular weight excluding hydrogens is 426 g/mol. The third-order valence-electron chi connectivity index (χ3n) is 4.88. The van der Waals surface area contributed by atoms with Crippen molar-refractivity contribution in [2.24, 2.45) is 0 Å². The molecule has 32 heavy (non-hydrogen) atoms. The van der Waals surface area contributed by atoms with E-state index in [1.165, 1.54) is 0 Å². The van der Waals surface area contributed by atoms with Crippen LogP contribution >= 0.6 is 11.6 Å². The number of likely N-dealkylation sites (N-methyl/N-ethyl adjacent to an activating group) is 1. The van der Waals surface area contributed by atoms with E-state index in [1.807, 2.05) is 37.3 Å². The molecule has 3 rings (SSSR count). The number of carbonyl (C=O) groups is 1. The summed E-state index contributed by atoms with van der Waals surface area (Å²) in [6, 6.07) is 9.05. The second-order valence-electron chi connectivity index (χ2n) is 7.05. The van der Waals surface area contributed by atoms with Crippen LogP contribution in [-0.4, -0.2) is 42.6 Å². The number of anilines is 3. The van der Waals surface area contributed by atoms with Gasteiger partial charge in [0.2, 0.25) is 0 Å². The van der Waals surface area contributed by atoms with E-state index in [1.54, 1.807) is 25.4 Å². The predicted molar refractivity (Wildman–Crippen MR) is 130 cm³/mol. The van der Waals surface area contributed by atoms with Crippen molar-refractivity contribution in [2.45, 2.75) is 13.8 Å². The number of allylic oxidation sites excluding steroid dienone is 1. The number of ether oxygens (including phenoxy) is 1. The summed E-state index contributed by atoms with van der Waals surface area (Å²) in [5, 5.41) is 9.70. The van der Waals surface area contributed by atoms with Gasteiger partial charge in [0.25, 0.3) is 5.91 Å². The Kier molecular flexibility index (Phi) is 7.92. The van der Waals surface area contributed by atoms with Crippen LogP contribution in [0.4, 0.5) is 17.2 Å². The van der Waals surface area contributed by atoms with Gasteiger partial charge in [-0.3, -0.25) is 4.79 Å². The van der Waals surface area contributed by atoms with E-state index in [4.69, 9.17) is 16.3 Å². The molecule has 8 heteroatoms. The Hall–Kier alpha value is -3.29. The Morgan fingerprint density at radius 3 is 2.69 bits per heavy atom. The highest BCUT2D eigenvalue weighted by Gasteiger charge is 2.18. The normalized spacial score (nSPS) is 13.4. The monoisotopic (exact) mass is 453 g/mol. The molecule has 0 radical (unpaired) electrons. The van der Waals surface area contributed by atoms with Crippen LogP contribution in [0.3, 0.4) is 0 Å². The minimum absolute atomic E-state index is 0.185. The molecule has 1 aliphatic heterocycles. The zero-order chi connectivity index (χ0) is 23.1. The van der Waals surface area contributed by atoms with E-state index < -0.39 is 0 Å². The first-order valence-electron chi connectivity index (χ1n) is 10.4. The Labute approximate surface area is 193 Å². The summed E-state index contributed by atoms with van der Waals surface area (Å²) in [5.41, 5.74) is 3.69. The second kappa shape index (κ2) is 10.8. The second-order valence-corrected chi connectivity index (χ2v) is 7.45. The van der Waals surface area contributed by atoms with Crippen molar-refractivity contribution >= 4 is 34.7 Å². The Bertz CT molecular complexity index is 1060. The number of amides is 1. The maximum Gasteiger partial charge on any atom is 0.253 e. The van der Waals surface area contributed by atoms with E-state index in [0.717, 1.165) is 23.6 Å². The van der Waals surface area contributed by atoms with Gasteiger partial charge < -0.3 is 25.6 Å². The van der Waals surface area contributed by atoms with Crippen LogP contribution in [0.15, 0.2) is 72.4 Å². The summed E-state index contributed by atoms with van der Waals surface area (Å²) in [6.45, 7) is 10.1. The third kappa shape index (κ3) is 5.49. The van der Waals surface area contributed by atoms with Gasteiger partial charge in [-0.15, -0.1) is 0 Å². The van der Waals surface area contributed by atoms with Gasteiger partial charge in [0.1, 0.15) is 11.6 Å². The number of pyridine rings is 1. The van der Waals surface area contributed by atoms with Gasteiger partial charge in [0, 0.05) is 32.0 Å². The van der Waals surface area contributed by atoms with E-state index in [2.05, 4.69) is 39.3 Å². The summed E-state index contributed by atoms with van der Waals surface area (Å²) in [7, 11) is 1.60. The number of hydrogen-bond acceptors (Lipinski definition) is 6. The maximum absolute atomic E-state index is 12.2. The minimum Gasteiger partial charge on any atom is -0.377 e. The van der Waals surface area contributed by atoms with E-state index in [9.17, 15) is 4.79 Å². The van der Waals surface area contributed by atoms with Gasteiger partial charge in [-0.05, 0) is 43.7 Å². The average molecular weight is 454 g/mol. The van der Waals surface area contributed by atoms with Crippen molar-refractivity contribution in [1.82, 2.24) is 15.2 Å². The molecular formula is C24H28ClN5O2. The Morgan fingerprint density at radius 2 is 1.97 bits per heavy atom. The predicted octanol–water partition coefficient (Wildman–Crippen LogP) is 4.90. The number of rotatable bonds is 9. The van der Waals surface area contributed by atoms with Gasteiger partial charge >= 0.3 is 0 Å². The summed E-state index contributed by atoms with van der Waals surface area (Å²) in [4.78, 5) is 18.7. The van der Waals surface area contributed by atoms with E-state index in [0.29, 0.717) is 41.0 Å². The molecule has 7 nitrogen and oxygen atoms in total. The first kappa shape index (κ1) is 23.4. The number of halogens is 1. The molecule has 3 N–H and O–H groups in total. The molecule has 168 valence electrons. The van der Waals surface area contributed by atoms with Crippen LogP contribution < -0.4 is 16.0 Å². The highest BCUT2D eigenvalue weighted by atomic mass is 35.5. The molecule has 1 aromatic carbocycles. The molecule has 0 fully saturated rings. The largest absolute Gasteiger partial charge is 0.377 e. The molecule has 1 amide bonds. The van der Waals surface area contributed by atoms with E-state index in [-0.39, 0.29) is 5.91 Å². The van der Waals surface area contributed by atoms with Crippen LogP contribution in [0.25, 0.3) is 0 Å². The summed E-state index contributed by atoms with van der Waals surface area (Å²) in [6.07, 6.45) is 5.61. The molecule has 0 saturated heterocycles. The number of nitrogens with zero attached hydrogens (tertiary/aromatic N) is 2. The van der Waals surface area contributed by atoms with Gasteiger partial charge in [-0.2, -0.15) is 0 Å². The Morgan fingerprint density at radius 1 is 1.19 bits per heavy atom. The molecule has 0 saturated carbocycles. The Balaban J connectivity index is 1.87. The molecule has 0 atom stereocenters. The fourth-order valence-electron chi connectivity index (χ4n) is 3.33. The molecule has 0 bridgehead atoms. The zero-order valence-corrected chi connectivity index (χ0v) is 19.3. The quantitative estimate of drug-likeness (QED) is 0.501. The number of para-hydroxylation sites is 1.